The summed E-state index contributed by atoms with van der Waals surface area (Å²) in [6, 6.07) is 0. The summed E-state index contributed by atoms with van der Waals surface area (Å²) in [5.74, 6) is 0. The SMILES string of the molecule is C/C=C(\NC1(C)C=CC(C(C)(C)C)=CC1)C(C)(C)C. The molecule has 1 heteroatoms. The van der Waals surface area contributed by atoms with Gasteiger partial charge in [0.05, 0.1) is 5.54 Å². The highest BCUT2D eigenvalue weighted by atomic mass is 15.0. The molecule has 1 atom stereocenters. The average Bonchev–Trinajstić information content (AvgIpc) is 2.23. The van der Waals surface area contributed by atoms with Gasteiger partial charge in [0, 0.05) is 11.1 Å². The van der Waals surface area contributed by atoms with Gasteiger partial charge in [-0.1, -0.05) is 65.8 Å². The Hall–Kier alpha value is -0.980. The molecule has 1 aliphatic carbocycles. The summed E-state index contributed by atoms with van der Waals surface area (Å²) in [7, 11) is 0. The first-order valence-electron chi connectivity index (χ1n) is 7.33. The van der Waals surface area contributed by atoms with E-state index in [2.05, 4.69) is 85.0 Å². The molecule has 0 aromatic rings. The fourth-order valence-electron chi connectivity index (χ4n) is 2.38. The molecule has 1 rings (SSSR count). The van der Waals surface area contributed by atoms with Gasteiger partial charge in [-0.25, -0.2) is 0 Å². The van der Waals surface area contributed by atoms with Crippen molar-refractivity contribution >= 4 is 0 Å². The van der Waals surface area contributed by atoms with Crippen molar-refractivity contribution in [2.75, 3.05) is 0 Å². The molecule has 0 radical (unpaired) electrons. The number of hydrogen-bond acceptors (Lipinski definition) is 1. The van der Waals surface area contributed by atoms with Crippen LogP contribution in [0.2, 0.25) is 0 Å². The molecule has 0 fully saturated rings. The maximum Gasteiger partial charge on any atom is 0.0562 e. The van der Waals surface area contributed by atoms with Crippen molar-refractivity contribution < 1.29 is 0 Å². The minimum absolute atomic E-state index is 0.0316. The van der Waals surface area contributed by atoms with Gasteiger partial charge in [-0.15, -0.1) is 0 Å². The van der Waals surface area contributed by atoms with Gasteiger partial charge < -0.3 is 5.32 Å². The Balaban J connectivity index is 2.84. The van der Waals surface area contributed by atoms with Gasteiger partial charge in [-0.3, -0.25) is 0 Å². The van der Waals surface area contributed by atoms with Crippen molar-refractivity contribution in [1.29, 1.82) is 0 Å². The summed E-state index contributed by atoms with van der Waals surface area (Å²) in [6.45, 7) is 17.9. The Kier molecular flexibility index (Phi) is 4.39. The van der Waals surface area contributed by atoms with Crippen LogP contribution < -0.4 is 5.32 Å². The smallest absolute Gasteiger partial charge is 0.0562 e. The van der Waals surface area contributed by atoms with Crippen LogP contribution in [0.3, 0.4) is 0 Å². The largest absolute Gasteiger partial charge is 0.379 e. The van der Waals surface area contributed by atoms with Gasteiger partial charge in [-0.05, 0) is 31.3 Å². The topological polar surface area (TPSA) is 12.0 Å². The lowest BCUT2D eigenvalue weighted by Gasteiger charge is -2.37. The molecular weight excluding hydrogens is 230 g/mol. The van der Waals surface area contributed by atoms with Crippen molar-refractivity contribution in [2.24, 2.45) is 10.8 Å². The summed E-state index contributed by atoms with van der Waals surface area (Å²) in [6.07, 6.45) is 10.2. The van der Waals surface area contributed by atoms with E-state index in [-0.39, 0.29) is 16.4 Å². The molecule has 0 aliphatic heterocycles. The van der Waals surface area contributed by atoms with Crippen LogP contribution in [0.1, 0.15) is 61.8 Å². The molecule has 0 bridgehead atoms. The van der Waals surface area contributed by atoms with Gasteiger partial charge in [0.15, 0.2) is 0 Å². The summed E-state index contributed by atoms with van der Waals surface area (Å²) in [5, 5.41) is 3.72. The number of allylic oxidation sites excluding steroid dienone is 4. The summed E-state index contributed by atoms with van der Waals surface area (Å²) in [4.78, 5) is 0. The Morgan fingerprint density at radius 1 is 1.21 bits per heavy atom. The van der Waals surface area contributed by atoms with E-state index in [1.165, 1.54) is 11.3 Å². The molecule has 0 saturated heterocycles. The Morgan fingerprint density at radius 2 is 1.79 bits per heavy atom. The highest BCUT2D eigenvalue weighted by Gasteiger charge is 2.28. The predicted molar refractivity (Wildman–Crippen MR) is 86.0 cm³/mol. The van der Waals surface area contributed by atoms with E-state index in [4.69, 9.17) is 0 Å². The van der Waals surface area contributed by atoms with Crippen LogP contribution in [0.5, 0.6) is 0 Å². The monoisotopic (exact) mass is 261 g/mol. The quantitative estimate of drug-likeness (QED) is 0.719. The molecule has 1 aliphatic rings. The van der Waals surface area contributed by atoms with Gasteiger partial charge >= 0.3 is 0 Å². The van der Waals surface area contributed by atoms with Crippen LogP contribution in [0.4, 0.5) is 0 Å². The van der Waals surface area contributed by atoms with E-state index >= 15 is 0 Å². The van der Waals surface area contributed by atoms with E-state index in [1.807, 2.05) is 0 Å². The molecular formula is C18H31N. The van der Waals surface area contributed by atoms with Gasteiger partial charge in [0.1, 0.15) is 0 Å². The molecule has 0 spiro atoms. The molecule has 0 aromatic heterocycles. The van der Waals surface area contributed by atoms with Crippen LogP contribution in [-0.2, 0) is 0 Å². The van der Waals surface area contributed by atoms with E-state index in [0.717, 1.165) is 6.42 Å². The third-order valence-corrected chi connectivity index (χ3v) is 3.76. The van der Waals surface area contributed by atoms with Gasteiger partial charge in [0.2, 0.25) is 0 Å². The summed E-state index contributed by atoms with van der Waals surface area (Å²) >= 11 is 0. The van der Waals surface area contributed by atoms with Gasteiger partial charge in [0.25, 0.3) is 0 Å². The lowest BCUT2D eigenvalue weighted by Crippen LogP contribution is -2.43. The molecule has 1 nitrogen and oxygen atoms in total. The first-order valence-corrected chi connectivity index (χ1v) is 7.33. The second-order valence-electron chi connectivity index (χ2n) is 7.94. The standard InChI is InChI=1S/C18H31N/c1-9-15(17(5,6)7)19-18(8)12-10-14(11-13-18)16(2,3)4/h9-12,19H,13H2,1-8H3/b15-9-. The summed E-state index contributed by atoms with van der Waals surface area (Å²) in [5.41, 5.74) is 3.19. The molecule has 0 aromatic carbocycles. The molecule has 19 heavy (non-hydrogen) atoms. The van der Waals surface area contributed by atoms with Crippen molar-refractivity contribution in [3.8, 4) is 0 Å². The van der Waals surface area contributed by atoms with Crippen LogP contribution >= 0.6 is 0 Å². The molecule has 0 saturated carbocycles. The van der Waals surface area contributed by atoms with Crippen LogP contribution in [0, 0.1) is 10.8 Å². The second-order valence-corrected chi connectivity index (χ2v) is 7.94. The molecule has 0 heterocycles. The second kappa shape index (κ2) is 5.19. The van der Waals surface area contributed by atoms with Crippen LogP contribution in [0.25, 0.3) is 0 Å². The third kappa shape index (κ3) is 4.26. The zero-order chi connectivity index (χ0) is 14.9. The fraction of sp³-hybridized carbons (Fsp3) is 0.667. The van der Waals surface area contributed by atoms with Crippen molar-refractivity contribution in [1.82, 2.24) is 5.32 Å². The van der Waals surface area contributed by atoms with Crippen molar-refractivity contribution in [2.45, 2.75) is 67.3 Å². The van der Waals surface area contributed by atoms with E-state index in [9.17, 15) is 0 Å². The fourth-order valence-corrected chi connectivity index (χ4v) is 2.38. The Morgan fingerprint density at radius 3 is 2.11 bits per heavy atom. The van der Waals surface area contributed by atoms with E-state index in [1.54, 1.807) is 0 Å². The molecule has 0 amide bonds. The highest BCUT2D eigenvalue weighted by molar-refractivity contribution is 5.33. The minimum Gasteiger partial charge on any atom is -0.379 e. The van der Waals surface area contributed by atoms with Gasteiger partial charge in [-0.2, -0.15) is 0 Å². The Bertz CT molecular complexity index is 410. The first-order chi connectivity index (χ1) is 8.48. The summed E-state index contributed by atoms with van der Waals surface area (Å²) < 4.78 is 0. The Labute approximate surface area is 119 Å². The zero-order valence-electron chi connectivity index (χ0n) is 14.0. The maximum absolute atomic E-state index is 3.72. The number of nitrogens with one attached hydrogen (secondary N) is 1. The molecule has 1 N–H and O–H groups in total. The highest BCUT2D eigenvalue weighted by Crippen LogP contribution is 2.34. The van der Waals surface area contributed by atoms with Crippen molar-refractivity contribution in [3.05, 3.63) is 35.6 Å². The number of rotatable bonds is 2. The number of hydrogen-bond donors (Lipinski definition) is 1. The predicted octanol–water partition coefficient (Wildman–Crippen LogP) is 5.22. The van der Waals surface area contributed by atoms with Crippen LogP contribution in [-0.4, -0.2) is 5.54 Å². The zero-order valence-corrected chi connectivity index (χ0v) is 14.0. The lowest BCUT2D eigenvalue weighted by atomic mass is 9.79. The molecule has 1 unspecified atom stereocenters. The maximum atomic E-state index is 3.72. The van der Waals surface area contributed by atoms with Crippen molar-refractivity contribution in [3.63, 3.8) is 0 Å². The van der Waals surface area contributed by atoms with E-state index in [0.29, 0.717) is 0 Å². The third-order valence-electron chi connectivity index (χ3n) is 3.76. The van der Waals surface area contributed by atoms with Crippen LogP contribution in [0.15, 0.2) is 35.6 Å². The molecule has 108 valence electrons. The minimum atomic E-state index is 0.0316. The lowest BCUT2D eigenvalue weighted by molar-refractivity contribution is 0.384. The normalized spacial score (nSPS) is 25.3. The average molecular weight is 261 g/mol. The first kappa shape index (κ1) is 16.1. The van der Waals surface area contributed by atoms with E-state index < -0.39 is 0 Å².